The van der Waals surface area contributed by atoms with E-state index in [1.54, 1.807) is 12.4 Å². The van der Waals surface area contributed by atoms with Gasteiger partial charge in [0.25, 0.3) is 5.91 Å². The third kappa shape index (κ3) is 6.14. The molecule has 1 heterocycles. The second-order valence-electron chi connectivity index (χ2n) is 5.56. The lowest BCUT2D eigenvalue weighted by molar-refractivity contribution is 0.0716. The predicted molar refractivity (Wildman–Crippen MR) is 90.5 cm³/mol. The predicted octanol–water partition coefficient (Wildman–Crippen LogP) is 3.28. The molecule has 0 N–H and O–H groups in total. The molecular formula is C16H26BrN3O. The van der Waals surface area contributed by atoms with Gasteiger partial charge in [-0.15, -0.1) is 0 Å². The molecule has 0 bridgehead atoms. The number of aromatic nitrogens is 1. The number of pyridine rings is 1. The molecule has 0 saturated heterocycles. The molecule has 0 atom stereocenters. The molecule has 0 fully saturated rings. The molecule has 1 aromatic heterocycles. The van der Waals surface area contributed by atoms with Gasteiger partial charge >= 0.3 is 0 Å². The number of hydrogen-bond acceptors (Lipinski definition) is 3. The van der Waals surface area contributed by atoms with Crippen LogP contribution in [-0.4, -0.2) is 53.4 Å². The van der Waals surface area contributed by atoms with E-state index in [0.717, 1.165) is 37.2 Å². The standard InChI is InChI=1S/C16H26BrN3O/c1-5-19(6-2)7-8-20(12-13(3)4)16(21)14-9-15(17)11-18-10-14/h9-11,13H,5-8,12H2,1-4H3. The van der Waals surface area contributed by atoms with E-state index in [1.807, 2.05) is 11.0 Å². The summed E-state index contributed by atoms with van der Waals surface area (Å²) in [6.45, 7) is 13.0. The monoisotopic (exact) mass is 355 g/mol. The molecule has 0 unspecified atom stereocenters. The minimum absolute atomic E-state index is 0.0599. The van der Waals surface area contributed by atoms with Gasteiger partial charge in [-0.3, -0.25) is 9.78 Å². The minimum Gasteiger partial charge on any atom is -0.337 e. The van der Waals surface area contributed by atoms with Crippen molar-refractivity contribution in [2.24, 2.45) is 5.92 Å². The summed E-state index contributed by atoms with van der Waals surface area (Å²) in [5.41, 5.74) is 0.643. The summed E-state index contributed by atoms with van der Waals surface area (Å²) in [6, 6.07) is 1.83. The molecule has 21 heavy (non-hydrogen) atoms. The number of carbonyl (C=O) groups excluding carboxylic acids is 1. The zero-order chi connectivity index (χ0) is 15.8. The zero-order valence-electron chi connectivity index (χ0n) is 13.5. The maximum Gasteiger partial charge on any atom is 0.255 e. The quantitative estimate of drug-likeness (QED) is 0.717. The molecule has 1 amide bonds. The van der Waals surface area contributed by atoms with Crippen LogP contribution in [-0.2, 0) is 0 Å². The van der Waals surface area contributed by atoms with Crippen LogP contribution in [0.25, 0.3) is 0 Å². The first kappa shape index (κ1) is 18.1. The lowest BCUT2D eigenvalue weighted by Crippen LogP contribution is -2.40. The normalized spacial score (nSPS) is 11.2. The highest BCUT2D eigenvalue weighted by molar-refractivity contribution is 9.10. The van der Waals surface area contributed by atoms with Gasteiger partial charge in [0.1, 0.15) is 0 Å². The number of halogens is 1. The number of hydrogen-bond donors (Lipinski definition) is 0. The smallest absolute Gasteiger partial charge is 0.255 e. The van der Waals surface area contributed by atoms with Crippen LogP contribution in [0.15, 0.2) is 22.9 Å². The number of carbonyl (C=O) groups is 1. The topological polar surface area (TPSA) is 36.4 Å². The van der Waals surface area contributed by atoms with Crippen molar-refractivity contribution in [3.63, 3.8) is 0 Å². The van der Waals surface area contributed by atoms with Crippen LogP contribution in [0.5, 0.6) is 0 Å². The summed E-state index contributed by atoms with van der Waals surface area (Å²) in [5, 5.41) is 0. The molecule has 118 valence electrons. The molecule has 1 rings (SSSR count). The van der Waals surface area contributed by atoms with Gasteiger partial charge in [0.05, 0.1) is 5.56 Å². The van der Waals surface area contributed by atoms with E-state index in [9.17, 15) is 4.79 Å². The Hall–Kier alpha value is -0.940. The van der Waals surface area contributed by atoms with Gasteiger partial charge < -0.3 is 9.80 Å². The lowest BCUT2D eigenvalue weighted by atomic mass is 10.1. The molecule has 0 radical (unpaired) electrons. The highest BCUT2D eigenvalue weighted by Gasteiger charge is 2.18. The van der Waals surface area contributed by atoms with Crippen molar-refractivity contribution < 1.29 is 4.79 Å². The van der Waals surface area contributed by atoms with Crippen molar-refractivity contribution in [1.82, 2.24) is 14.8 Å². The van der Waals surface area contributed by atoms with E-state index in [0.29, 0.717) is 11.5 Å². The Labute approximate surface area is 136 Å². The van der Waals surface area contributed by atoms with Gasteiger partial charge in [0, 0.05) is 36.5 Å². The largest absolute Gasteiger partial charge is 0.337 e. The second-order valence-corrected chi connectivity index (χ2v) is 6.48. The van der Waals surface area contributed by atoms with Crippen LogP contribution >= 0.6 is 15.9 Å². The highest BCUT2D eigenvalue weighted by atomic mass is 79.9. The van der Waals surface area contributed by atoms with E-state index in [2.05, 4.69) is 53.5 Å². The SMILES string of the molecule is CCN(CC)CCN(CC(C)C)C(=O)c1cncc(Br)c1. The average molecular weight is 356 g/mol. The van der Waals surface area contributed by atoms with Crippen molar-refractivity contribution in [3.05, 3.63) is 28.5 Å². The van der Waals surface area contributed by atoms with Crippen LogP contribution in [0.3, 0.4) is 0 Å². The van der Waals surface area contributed by atoms with Crippen LogP contribution in [0.4, 0.5) is 0 Å². The van der Waals surface area contributed by atoms with Crippen molar-refractivity contribution in [2.75, 3.05) is 32.7 Å². The van der Waals surface area contributed by atoms with Gasteiger partial charge in [0.2, 0.25) is 0 Å². The summed E-state index contributed by atoms with van der Waals surface area (Å²) in [6.07, 6.45) is 3.33. The first-order chi connectivity index (χ1) is 9.97. The fraction of sp³-hybridized carbons (Fsp3) is 0.625. The molecule has 0 spiro atoms. The third-order valence-electron chi connectivity index (χ3n) is 3.41. The van der Waals surface area contributed by atoms with Crippen molar-refractivity contribution >= 4 is 21.8 Å². The fourth-order valence-corrected chi connectivity index (χ4v) is 2.59. The van der Waals surface area contributed by atoms with Gasteiger partial charge in [0.15, 0.2) is 0 Å². The van der Waals surface area contributed by atoms with E-state index in [-0.39, 0.29) is 5.91 Å². The van der Waals surface area contributed by atoms with E-state index < -0.39 is 0 Å². The molecule has 0 aliphatic heterocycles. The molecule has 0 saturated carbocycles. The molecule has 0 aliphatic carbocycles. The summed E-state index contributed by atoms with van der Waals surface area (Å²) < 4.78 is 0.835. The van der Waals surface area contributed by atoms with Crippen LogP contribution in [0.2, 0.25) is 0 Å². The maximum absolute atomic E-state index is 12.7. The summed E-state index contributed by atoms with van der Waals surface area (Å²) in [4.78, 5) is 21.0. The molecule has 0 aromatic carbocycles. The highest BCUT2D eigenvalue weighted by Crippen LogP contribution is 2.13. The van der Waals surface area contributed by atoms with E-state index in [1.165, 1.54) is 0 Å². The Morgan fingerprint density at radius 2 is 1.90 bits per heavy atom. The van der Waals surface area contributed by atoms with E-state index >= 15 is 0 Å². The Morgan fingerprint density at radius 3 is 2.43 bits per heavy atom. The van der Waals surface area contributed by atoms with Crippen LogP contribution in [0, 0.1) is 5.92 Å². The summed E-state index contributed by atoms with van der Waals surface area (Å²) in [7, 11) is 0. The number of nitrogens with zero attached hydrogens (tertiary/aromatic N) is 3. The van der Waals surface area contributed by atoms with Crippen molar-refractivity contribution in [1.29, 1.82) is 0 Å². The maximum atomic E-state index is 12.7. The fourth-order valence-electron chi connectivity index (χ4n) is 2.23. The Bertz CT molecular complexity index is 447. The van der Waals surface area contributed by atoms with Gasteiger partial charge in [-0.1, -0.05) is 27.7 Å². The zero-order valence-corrected chi connectivity index (χ0v) is 15.1. The minimum atomic E-state index is 0.0599. The summed E-state index contributed by atoms with van der Waals surface area (Å²) in [5.74, 6) is 0.510. The average Bonchev–Trinajstić information content (AvgIpc) is 2.46. The Kier molecular flexibility index (Phi) is 7.89. The third-order valence-corrected chi connectivity index (χ3v) is 3.84. The van der Waals surface area contributed by atoms with E-state index in [4.69, 9.17) is 0 Å². The molecular weight excluding hydrogens is 330 g/mol. The van der Waals surface area contributed by atoms with Crippen molar-refractivity contribution in [3.8, 4) is 0 Å². The van der Waals surface area contributed by atoms with Gasteiger partial charge in [-0.2, -0.15) is 0 Å². The first-order valence-corrected chi connectivity index (χ1v) is 8.39. The molecule has 1 aromatic rings. The number of amides is 1. The molecule has 0 aliphatic rings. The van der Waals surface area contributed by atoms with Crippen LogP contribution < -0.4 is 0 Å². The number of rotatable bonds is 8. The number of likely N-dealkylation sites (N-methyl/N-ethyl adjacent to an activating group) is 1. The molecule has 5 heteroatoms. The second kappa shape index (κ2) is 9.15. The lowest BCUT2D eigenvalue weighted by Gasteiger charge is -2.28. The molecule has 4 nitrogen and oxygen atoms in total. The van der Waals surface area contributed by atoms with Gasteiger partial charge in [-0.05, 0) is 41.0 Å². The van der Waals surface area contributed by atoms with Crippen molar-refractivity contribution in [2.45, 2.75) is 27.7 Å². The van der Waals surface area contributed by atoms with Gasteiger partial charge in [-0.25, -0.2) is 0 Å². The Morgan fingerprint density at radius 1 is 1.24 bits per heavy atom. The van der Waals surface area contributed by atoms with Crippen LogP contribution in [0.1, 0.15) is 38.1 Å². The Balaban J connectivity index is 2.78. The summed E-state index contributed by atoms with van der Waals surface area (Å²) >= 11 is 3.37. The first-order valence-electron chi connectivity index (χ1n) is 7.60.